The lowest BCUT2D eigenvalue weighted by Crippen LogP contribution is -2.56. The fourth-order valence-corrected chi connectivity index (χ4v) is 1.39. The van der Waals surface area contributed by atoms with E-state index in [1.54, 1.807) is 6.07 Å². The van der Waals surface area contributed by atoms with Crippen LogP contribution < -0.4 is 0 Å². The van der Waals surface area contributed by atoms with Gasteiger partial charge in [0.05, 0.1) is 6.61 Å². The quantitative estimate of drug-likeness (QED) is 0.345. The van der Waals surface area contributed by atoms with Gasteiger partial charge in [0, 0.05) is 5.57 Å². The fraction of sp³-hybridized carbons (Fsp3) is 0.357. The number of halogens is 5. The monoisotopic (exact) mass is 324 g/mol. The Hall–Kier alpha value is -1.96. The molecule has 122 valence electrons. The molecule has 0 amide bonds. The number of rotatable bonds is 6. The number of esters is 1. The van der Waals surface area contributed by atoms with Crippen LogP contribution in [0.25, 0.3) is 0 Å². The summed E-state index contributed by atoms with van der Waals surface area (Å²) in [6.07, 6.45) is -9.75. The van der Waals surface area contributed by atoms with Crippen molar-refractivity contribution in [1.82, 2.24) is 0 Å². The van der Waals surface area contributed by atoms with E-state index in [9.17, 15) is 26.7 Å². The second kappa shape index (κ2) is 6.87. The van der Waals surface area contributed by atoms with Gasteiger partial charge in [0.2, 0.25) is 0 Å². The molecule has 0 radical (unpaired) electrons. The number of hydrogen-bond acceptors (Lipinski definition) is 3. The number of carbonyl (C=O) groups is 1. The molecule has 0 bridgehead atoms. The second-order valence-corrected chi connectivity index (χ2v) is 4.41. The lowest BCUT2D eigenvalue weighted by atomic mass is 10.2. The maximum Gasteiger partial charge on any atom is 0.462 e. The fourth-order valence-electron chi connectivity index (χ4n) is 1.39. The summed E-state index contributed by atoms with van der Waals surface area (Å²) in [5.74, 6) is -5.97. The molecule has 0 N–H and O–H groups in total. The third-order valence-corrected chi connectivity index (χ3v) is 2.57. The summed E-state index contributed by atoms with van der Waals surface area (Å²) >= 11 is 0. The molecule has 0 aromatic heterocycles. The summed E-state index contributed by atoms with van der Waals surface area (Å²) in [5.41, 5.74) is -0.249. The molecule has 0 aliphatic heterocycles. The first kappa shape index (κ1) is 18.1. The maximum absolute atomic E-state index is 13.0. The van der Waals surface area contributed by atoms with Crippen LogP contribution in [0.15, 0.2) is 42.5 Å². The van der Waals surface area contributed by atoms with E-state index in [4.69, 9.17) is 0 Å². The summed E-state index contributed by atoms with van der Waals surface area (Å²) in [6.45, 7) is 3.28. The molecule has 1 unspecified atom stereocenters. The lowest BCUT2D eigenvalue weighted by molar-refractivity contribution is -0.403. The molecule has 0 saturated carbocycles. The van der Waals surface area contributed by atoms with Crippen LogP contribution in [-0.2, 0) is 20.9 Å². The van der Waals surface area contributed by atoms with Crippen LogP contribution >= 0.6 is 0 Å². The van der Waals surface area contributed by atoms with Gasteiger partial charge in [-0.15, -0.1) is 0 Å². The van der Waals surface area contributed by atoms with Gasteiger partial charge in [0.25, 0.3) is 0 Å². The third-order valence-electron chi connectivity index (χ3n) is 2.57. The zero-order chi connectivity index (χ0) is 17.0. The van der Waals surface area contributed by atoms with E-state index in [-0.39, 0.29) is 5.56 Å². The predicted molar refractivity (Wildman–Crippen MR) is 66.9 cm³/mol. The molecule has 1 aromatic rings. The highest BCUT2D eigenvalue weighted by Gasteiger charge is 2.67. The summed E-state index contributed by atoms with van der Waals surface area (Å²) in [5, 5.41) is 0. The minimum atomic E-state index is -5.62. The molecule has 0 saturated heterocycles. The zero-order valence-electron chi connectivity index (χ0n) is 11.5. The van der Waals surface area contributed by atoms with Crippen molar-refractivity contribution in [3.8, 4) is 0 Å². The SMILES string of the molecule is C=C(C)C(=O)OC(OCc1ccccc1)(C(F)F)C(F)(F)F. The van der Waals surface area contributed by atoms with E-state index < -0.39 is 36.5 Å². The molecule has 0 spiro atoms. The van der Waals surface area contributed by atoms with Gasteiger partial charge < -0.3 is 9.47 Å². The van der Waals surface area contributed by atoms with Gasteiger partial charge in [0.1, 0.15) is 0 Å². The maximum atomic E-state index is 13.0. The van der Waals surface area contributed by atoms with E-state index in [2.05, 4.69) is 16.1 Å². The molecule has 0 aliphatic rings. The molecule has 0 heterocycles. The molecule has 0 fully saturated rings. The molecule has 22 heavy (non-hydrogen) atoms. The van der Waals surface area contributed by atoms with E-state index >= 15 is 0 Å². The molecule has 3 nitrogen and oxygen atoms in total. The minimum Gasteiger partial charge on any atom is -0.415 e. The standard InChI is InChI=1S/C14H13F5O3/c1-9(2)11(20)22-13(12(15)16,14(17,18)19)21-8-10-6-4-3-5-7-10/h3-7,12H,1,8H2,2H3. The van der Waals surface area contributed by atoms with E-state index in [1.165, 1.54) is 24.3 Å². The van der Waals surface area contributed by atoms with Crippen molar-refractivity contribution in [2.24, 2.45) is 0 Å². The Kier molecular flexibility index (Phi) is 5.65. The van der Waals surface area contributed by atoms with Crippen molar-refractivity contribution < 1.29 is 36.2 Å². The van der Waals surface area contributed by atoms with E-state index in [0.29, 0.717) is 0 Å². The number of alkyl halides is 5. The third kappa shape index (κ3) is 4.03. The minimum absolute atomic E-state index is 0.211. The van der Waals surface area contributed by atoms with Crippen LogP contribution in [0.3, 0.4) is 0 Å². The topological polar surface area (TPSA) is 35.5 Å². The summed E-state index contributed by atoms with van der Waals surface area (Å²) < 4.78 is 73.4. The summed E-state index contributed by atoms with van der Waals surface area (Å²) in [4.78, 5) is 11.3. The van der Waals surface area contributed by atoms with Crippen molar-refractivity contribution >= 4 is 5.97 Å². The Labute approximate surface area is 123 Å². The average Bonchev–Trinajstić information content (AvgIpc) is 2.42. The number of benzene rings is 1. The Morgan fingerprint density at radius 2 is 1.77 bits per heavy atom. The van der Waals surface area contributed by atoms with Gasteiger partial charge in [-0.2, -0.15) is 13.2 Å². The average molecular weight is 324 g/mol. The van der Waals surface area contributed by atoms with Gasteiger partial charge in [-0.05, 0) is 12.5 Å². The lowest BCUT2D eigenvalue weighted by Gasteiger charge is -2.33. The van der Waals surface area contributed by atoms with Crippen molar-refractivity contribution in [3.05, 3.63) is 48.0 Å². The zero-order valence-corrected chi connectivity index (χ0v) is 11.5. The van der Waals surface area contributed by atoms with Crippen LogP contribution in [0, 0.1) is 0 Å². The Morgan fingerprint density at radius 1 is 1.23 bits per heavy atom. The van der Waals surface area contributed by atoms with Gasteiger partial charge in [-0.25, -0.2) is 13.6 Å². The van der Waals surface area contributed by atoms with Crippen molar-refractivity contribution in [3.63, 3.8) is 0 Å². The van der Waals surface area contributed by atoms with Crippen LogP contribution in [-0.4, -0.2) is 24.4 Å². The first-order chi connectivity index (χ1) is 10.1. The van der Waals surface area contributed by atoms with E-state index in [1.807, 2.05) is 0 Å². The molecular weight excluding hydrogens is 311 g/mol. The highest BCUT2D eigenvalue weighted by atomic mass is 19.4. The van der Waals surface area contributed by atoms with Gasteiger partial charge >= 0.3 is 24.4 Å². The highest BCUT2D eigenvalue weighted by molar-refractivity contribution is 5.87. The molecule has 1 aromatic carbocycles. The first-order valence-electron chi connectivity index (χ1n) is 6.02. The number of ether oxygens (including phenoxy) is 2. The van der Waals surface area contributed by atoms with Gasteiger partial charge in [0.15, 0.2) is 0 Å². The van der Waals surface area contributed by atoms with Crippen molar-refractivity contribution in [2.45, 2.75) is 31.9 Å². The predicted octanol–water partition coefficient (Wildman–Crippen LogP) is 3.85. The van der Waals surface area contributed by atoms with Gasteiger partial charge in [-0.3, -0.25) is 0 Å². The van der Waals surface area contributed by atoms with Crippen molar-refractivity contribution in [2.75, 3.05) is 0 Å². The Balaban J connectivity index is 3.08. The Bertz CT molecular complexity index is 527. The highest BCUT2D eigenvalue weighted by Crippen LogP contribution is 2.40. The normalized spacial score (nSPS) is 14.5. The van der Waals surface area contributed by atoms with Crippen LogP contribution in [0.4, 0.5) is 22.0 Å². The first-order valence-corrected chi connectivity index (χ1v) is 6.02. The second-order valence-electron chi connectivity index (χ2n) is 4.41. The van der Waals surface area contributed by atoms with Crippen LogP contribution in [0.5, 0.6) is 0 Å². The Morgan fingerprint density at radius 3 is 2.18 bits per heavy atom. The smallest absolute Gasteiger partial charge is 0.415 e. The van der Waals surface area contributed by atoms with Crippen LogP contribution in [0.2, 0.25) is 0 Å². The summed E-state index contributed by atoms with van der Waals surface area (Å²) in [6, 6.07) is 7.35. The number of carbonyl (C=O) groups excluding carboxylic acids is 1. The van der Waals surface area contributed by atoms with Crippen molar-refractivity contribution in [1.29, 1.82) is 0 Å². The molecule has 0 aliphatic carbocycles. The van der Waals surface area contributed by atoms with Gasteiger partial charge in [-0.1, -0.05) is 36.9 Å². The molecule has 8 heteroatoms. The molecule has 1 rings (SSSR count). The number of hydrogen-bond donors (Lipinski definition) is 0. The van der Waals surface area contributed by atoms with E-state index in [0.717, 1.165) is 6.92 Å². The summed E-state index contributed by atoms with van der Waals surface area (Å²) in [7, 11) is 0. The molecular formula is C14H13F5O3. The largest absolute Gasteiger partial charge is 0.462 e. The molecule has 1 atom stereocenters. The van der Waals surface area contributed by atoms with Crippen LogP contribution in [0.1, 0.15) is 12.5 Å².